The van der Waals surface area contributed by atoms with Crippen LogP contribution in [0.1, 0.15) is 5.69 Å². The van der Waals surface area contributed by atoms with E-state index in [0.717, 1.165) is 21.3 Å². The van der Waals surface area contributed by atoms with Crippen molar-refractivity contribution in [3.63, 3.8) is 0 Å². The number of thiophene rings is 1. The molecule has 0 spiro atoms. The van der Waals surface area contributed by atoms with E-state index in [1.807, 2.05) is 70.7 Å². The Morgan fingerprint density at radius 3 is 2.78 bits per heavy atom. The zero-order valence-corrected chi connectivity index (χ0v) is 15.7. The van der Waals surface area contributed by atoms with Gasteiger partial charge in [-0.3, -0.25) is 4.79 Å². The fourth-order valence-electron chi connectivity index (χ4n) is 2.69. The molecule has 4 aromatic rings. The minimum absolute atomic E-state index is 0.0186. The highest BCUT2D eigenvalue weighted by Crippen LogP contribution is 2.27. The van der Waals surface area contributed by atoms with Crippen LogP contribution in [0.4, 0.5) is 5.69 Å². The van der Waals surface area contributed by atoms with Crippen LogP contribution in [0.3, 0.4) is 0 Å². The van der Waals surface area contributed by atoms with Gasteiger partial charge in [0.05, 0.1) is 5.69 Å². The van der Waals surface area contributed by atoms with Crippen molar-refractivity contribution >= 4 is 51.1 Å². The molecule has 27 heavy (non-hydrogen) atoms. The first-order valence-corrected chi connectivity index (χ1v) is 9.96. The van der Waals surface area contributed by atoms with Crippen LogP contribution in [-0.4, -0.2) is 10.9 Å². The normalized spacial score (nSPS) is 11.3. The van der Waals surface area contributed by atoms with Crippen molar-refractivity contribution in [2.24, 2.45) is 0 Å². The summed E-state index contributed by atoms with van der Waals surface area (Å²) in [5.41, 5.74) is 2.34. The molecule has 4 rings (SSSR count). The summed E-state index contributed by atoms with van der Waals surface area (Å²) < 4.78 is 0. The maximum Gasteiger partial charge on any atom is 0.266 e. The van der Waals surface area contributed by atoms with Crippen molar-refractivity contribution in [2.75, 3.05) is 5.32 Å². The Bertz CT molecular complexity index is 1180. The quantitative estimate of drug-likeness (QED) is 0.368. The lowest BCUT2D eigenvalue weighted by Crippen LogP contribution is -2.13. The van der Waals surface area contributed by atoms with Crippen molar-refractivity contribution < 1.29 is 4.79 Å². The van der Waals surface area contributed by atoms with E-state index in [1.54, 1.807) is 11.3 Å². The largest absolute Gasteiger partial charge is 0.321 e. The summed E-state index contributed by atoms with van der Waals surface area (Å²) in [4.78, 5) is 17.1. The number of carbonyl (C=O) groups excluding carboxylic acids is 1. The van der Waals surface area contributed by atoms with Gasteiger partial charge in [-0.1, -0.05) is 36.4 Å². The SMILES string of the molecule is N#C/C(=C/c1csc(-c2ccsc2)n1)C(=O)Nc1cccc2ccccc12. The molecule has 0 aliphatic heterocycles. The highest BCUT2D eigenvalue weighted by molar-refractivity contribution is 7.14. The van der Waals surface area contributed by atoms with E-state index in [2.05, 4.69) is 10.3 Å². The summed E-state index contributed by atoms with van der Waals surface area (Å²) in [6.45, 7) is 0. The van der Waals surface area contributed by atoms with Gasteiger partial charge in [0.25, 0.3) is 5.91 Å². The Morgan fingerprint density at radius 2 is 1.96 bits per heavy atom. The number of rotatable bonds is 4. The predicted octanol–water partition coefficient (Wildman–Crippen LogP) is 5.57. The molecule has 0 unspecified atom stereocenters. The average molecular weight is 387 g/mol. The van der Waals surface area contributed by atoms with Gasteiger partial charge in [-0.05, 0) is 29.0 Å². The molecule has 0 radical (unpaired) electrons. The van der Waals surface area contributed by atoms with Crippen LogP contribution in [0.2, 0.25) is 0 Å². The molecule has 4 nitrogen and oxygen atoms in total. The minimum Gasteiger partial charge on any atom is -0.321 e. The maximum absolute atomic E-state index is 12.6. The lowest BCUT2D eigenvalue weighted by Gasteiger charge is -2.08. The lowest BCUT2D eigenvalue weighted by molar-refractivity contribution is -0.112. The highest BCUT2D eigenvalue weighted by Gasteiger charge is 2.12. The van der Waals surface area contributed by atoms with Crippen LogP contribution in [0.15, 0.2) is 70.2 Å². The van der Waals surface area contributed by atoms with Gasteiger partial charge in [-0.15, -0.1) is 11.3 Å². The average Bonchev–Trinajstić information content (AvgIpc) is 3.38. The summed E-state index contributed by atoms with van der Waals surface area (Å²) in [5.74, 6) is -0.445. The van der Waals surface area contributed by atoms with Crippen LogP contribution in [0.25, 0.3) is 27.4 Å². The van der Waals surface area contributed by atoms with E-state index in [1.165, 1.54) is 17.4 Å². The second-order valence-corrected chi connectivity index (χ2v) is 7.38. The predicted molar refractivity (Wildman–Crippen MR) is 112 cm³/mol. The van der Waals surface area contributed by atoms with Crippen LogP contribution >= 0.6 is 22.7 Å². The first-order valence-electron chi connectivity index (χ1n) is 8.13. The summed E-state index contributed by atoms with van der Waals surface area (Å²) in [5, 5.41) is 21.0. The van der Waals surface area contributed by atoms with Crippen LogP contribution in [-0.2, 0) is 4.79 Å². The number of nitriles is 1. The fourth-order valence-corrected chi connectivity index (χ4v) is 4.18. The summed E-state index contributed by atoms with van der Waals surface area (Å²) >= 11 is 3.09. The molecule has 1 amide bonds. The minimum atomic E-state index is -0.445. The van der Waals surface area contributed by atoms with Crippen molar-refractivity contribution in [3.8, 4) is 16.6 Å². The number of anilines is 1. The fraction of sp³-hybridized carbons (Fsp3) is 0. The van der Waals surface area contributed by atoms with Gasteiger partial charge in [-0.25, -0.2) is 4.98 Å². The van der Waals surface area contributed by atoms with E-state index < -0.39 is 5.91 Å². The smallest absolute Gasteiger partial charge is 0.266 e. The standard InChI is InChI=1S/C21H13N3OS2/c22-11-16(10-17-13-27-21(23-17)15-8-9-26-12-15)20(25)24-19-7-3-5-14-4-1-2-6-18(14)19/h1-10,12-13H,(H,24,25)/b16-10-. The van der Waals surface area contributed by atoms with Gasteiger partial charge in [0.2, 0.25) is 0 Å². The first-order chi connectivity index (χ1) is 13.2. The van der Waals surface area contributed by atoms with Crippen molar-refractivity contribution in [1.29, 1.82) is 5.26 Å². The number of hydrogen-bond acceptors (Lipinski definition) is 5. The number of carbonyl (C=O) groups is 1. The molecule has 1 N–H and O–H groups in total. The number of thiazole rings is 1. The Kier molecular flexibility index (Phi) is 4.79. The van der Waals surface area contributed by atoms with Crippen molar-refractivity contribution in [3.05, 3.63) is 75.9 Å². The molecule has 2 aromatic carbocycles. The molecule has 0 aliphatic carbocycles. The Balaban J connectivity index is 1.60. The van der Waals surface area contributed by atoms with Crippen LogP contribution < -0.4 is 5.32 Å². The molecule has 2 heterocycles. The van der Waals surface area contributed by atoms with Gasteiger partial charge in [0.15, 0.2) is 0 Å². The molecule has 0 saturated carbocycles. The lowest BCUT2D eigenvalue weighted by atomic mass is 10.1. The molecule has 2 aromatic heterocycles. The van der Waals surface area contributed by atoms with Crippen LogP contribution in [0.5, 0.6) is 0 Å². The number of benzene rings is 2. The van der Waals surface area contributed by atoms with E-state index >= 15 is 0 Å². The zero-order chi connectivity index (χ0) is 18.6. The number of hydrogen-bond donors (Lipinski definition) is 1. The van der Waals surface area contributed by atoms with Gasteiger partial charge < -0.3 is 5.32 Å². The van der Waals surface area contributed by atoms with E-state index in [-0.39, 0.29) is 5.57 Å². The second-order valence-electron chi connectivity index (χ2n) is 5.74. The summed E-state index contributed by atoms with van der Waals surface area (Å²) in [6.07, 6.45) is 1.52. The summed E-state index contributed by atoms with van der Waals surface area (Å²) in [7, 11) is 0. The number of aromatic nitrogens is 1. The molecule has 0 aliphatic rings. The third-order valence-corrected chi connectivity index (χ3v) is 5.58. The Hall–Kier alpha value is -3.27. The zero-order valence-electron chi connectivity index (χ0n) is 14.0. The third kappa shape index (κ3) is 3.65. The van der Waals surface area contributed by atoms with Gasteiger partial charge in [0.1, 0.15) is 16.6 Å². The van der Waals surface area contributed by atoms with Crippen molar-refractivity contribution in [2.45, 2.75) is 0 Å². The molecule has 0 bridgehead atoms. The van der Waals surface area contributed by atoms with E-state index in [9.17, 15) is 10.1 Å². The second kappa shape index (κ2) is 7.54. The maximum atomic E-state index is 12.6. The van der Waals surface area contributed by atoms with Gasteiger partial charge >= 0.3 is 0 Å². The van der Waals surface area contributed by atoms with Gasteiger partial charge in [0, 0.05) is 27.4 Å². The first kappa shape index (κ1) is 17.2. The van der Waals surface area contributed by atoms with Gasteiger partial charge in [-0.2, -0.15) is 16.6 Å². The monoisotopic (exact) mass is 387 g/mol. The highest BCUT2D eigenvalue weighted by atomic mass is 32.1. The number of fused-ring (bicyclic) bond motifs is 1. The number of nitrogens with one attached hydrogen (secondary N) is 1. The molecule has 0 atom stereocenters. The molecule has 0 fully saturated rings. The van der Waals surface area contributed by atoms with E-state index in [4.69, 9.17) is 0 Å². The number of nitrogens with zero attached hydrogens (tertiary/aromatic N) is 2. The molecule has 0 saturated heterocycles. The summed E-state index contributed by atoms with van der Waals surface area (Å²) in [6, 6.07) is 17.4. The molecule has 6 heteroatoms. The molecular formula is C21H13N3OS2. The Morgan fingerprint density at radius 1 is 1.11 bits per heavy atom. The van der Waals surface area contributed by atoms with Crippen LogP contribution in [0, 0.1) is 11.3 Å². The third-order valence-electron chi connectivity index (χ3n) is 3.99. The topological polar surface area (TPSA) is 65.8 Å². The number of amides is 1. The molecular weight excluding hydrogens is 374 g/mol. The Labute approximate surface area is 164 Å². The molecule has 130 valence electrons. The van der Waals surface area contributed by atoms with E-state index in [0.29, 0.717) is 11.4 Å². The van der Waals surface area contributed by atoms with Crippen molar-refractivity contribution in [1.82, 2.24) is 4.98 Å².